The molecule has 0 aliphatic rings. The molecule has 0 fully saturated rings. The van der Waals surface area contributed by atoms with Gasteiger partial charge in [0.05, 0.1) is 6.04 Å². The Morgan fingerprint density at radius 2 is 1.95 bits per heavy atom. The molecule has 1 unspecified atom stereocenters. The normalized spacial score (nSPS) is 12.2. The van der Waals surface area contributed by atoms with Crippen LogP contribution in [0.1, 0.15) is 24.1 Å². The number of rotatable bonds is 3. The van der Waals surface area contributed by atoms with Gasteiger partial charge in [0.1, 0.15) is 5.75 Å². The van der Waals surface area contributed by atoms with Gasteiger partial charge in [-0.25, -0.2) is 0 Å². The smallest absolute Gasteiger partial charge is 0.120 e. The monoisotopic (exact) mass is 387 g/mol. The number of benzene rings is 2. The molecule has 0 aliphatic heterocycles. The van der Waals surface area contributed by atoms with Crippen molar-refractivity contribution in [3.63, 3.8) is 0 Å². The van der Waals surface area contributed by atoms with Crippen molar-refractivity contribution in [2.45, 2.75) is 19.9 Å². The molecule has 2 nitrogen and oxygen atoms in total. The van der Waals surface area contributed by atoms with Crippen LogP contribution in [0.2, 0.25) is 5.02 Å². The average Bonchev–Trinajstić information content (AvgIpc) is 2.35. The molecule has 0 heterocycles. The Kier molecular flexibility index (Phi) is 4.58. The van der Waals surface area contributed by atoms with E-state index in [1.54, 1.807) is 6.07 Å². The predicted molar refractivity (Wildman–Crippen MR) is 89.1 cm³/mol. The number of hydrogen-bond acceptors (Lipinski definition) is 2. The molecule has 0 aromatic heterocycles. The van der Waals surface area contributed by atoms with Crippen LogP contribution in [-0.4, -0.2) is 5.11 Å². The molecular weight excluding hydrogens is 373 g/mol. The number of nitrogens with one attached hydrogen (secondary N) is 1. The van der Waals surface area contributed by atoms with Gasteiger partial charge in [-0.3, -0.25) is 0 Å². The molecule has 4 heteroatoms. The molecule has 2 N–H and O–H groups in total. The van der Waals surface area contributed by atoms with Crippen molar-refractivity contribution in [3.05, 3.63) is 56.1 Å². The van der Waals surface area contributed by atoms with Crippen molar-refractivity contribution in [2.75, 3.05) is 5.32 Å². The quantitative estimate of drug-likeness (QED) is 0.716. The van der Waals surface area contributed by atoms with Gasteiger partial charge in [0.2, 0.25) is 0 Å². The average molecular weight is 388 g/mol. The van der Waals surface area contributed by atoms with Gasteiger partial charge in [-0.1, -0.05) is 29.3 Å². The second-order valence-electron chi connectivity index (χ2n) is 4.55. The first-order chi connectivity index (χ1) is 8.97. The summed E-state index contributed by atoms with van der Waals surface area (Å²) in [7, 11) is 0. The fourth-order valence-electron chi connectivity index (χ4n) is 1.94. The molecule has 0 saturated carbocycles. The molecular formula is C15H15ClINO. The second-order valence-corrected chi connectivity index (χ2v) is 6.15. The fraction of sp³-hybridized carbons (Fsp3) is 0.200. The van der Waals surface area contributed by atoms with E-state index in [1.807, 2.05) is 44.2 Å². The summed E-state index contributed by atoms with van der Waals surface area (Å²) in [5.41, 5.74) is 3.04. The highest BCUT2D eigenvalue weighted by molar-refractivity contribution is 14.1. The Hall–Kier alpha value is -0.940. The van der Waals surface area contributed by atoms with Gasteiger partial charge >= 0.3 is 0 Å². The van der Waals surface area contributed by atoms with E-state index in [0.29, 0.717) is 5.75 Å². The van der Waals surface area contributed by atoms with Gasteiger partial charge in [-0.05, 0) is 60.7 Å². The van der Waals surface area contributed by atoms with E-state index < -0.39 is 0 Å². The zero-order valence-corrected chi connectivity index (χ0v) is 13.7. The second kappa shape index (κ2) is 6.01. The highest BCUT2D eigenvalue weighted by Crippen LogP contribution is 2.30. The van der Waals surface area contributed by atoms with Crippen LogP contribution < -0.4 is 5.32 Å². The number of anilines is 1. The molecule has 100 valence electrons. The van der Waals surface area contributed by atoms with E-state index in [9.17, 15) is 5.11 Å². The van der Waals surface area contributed by atoms with E-state index in [0.717, 1.165) is 25.4 Å². The van der Waals surface area contributed by atoms with E-state index >= 15 is 0 Å². The van der Waals surface area contributed by atoms with Crippen molar-refractivity contribution in [1.29, 1.82) is 0 Å². The minimum absolute atomic E-state index is 0.0228. The van der Waals surface area contributed by atoms with E-state index in [-0.39, 0.29) is 6.04 Å². The van der Waals surface area contributed by atoms with Crippen LogP contribution in [0, 0.1) is 10.5 Å². The lowest BCUT2D eigenvalue weighted by molar-refractivity contribution is 0.465. The highest BCUT2D eigenvalue weighted by Gasteiger charge is 2.12. The third-order valence-electron chi connectivity index (χ3n) is 2.95. The van der Waals surface area contributed by atoms with Gasteiger partial charge in [-0.2, -0.15) is 0 Å². The number of aromatic hydroxyl groups is 1. The number of phenolic OH excluding ortho intramolecular Hbond substituents is 1. The SMILES string of the molecule is Cc1ccc(O)c(C(C)Nc2ccc(Cl)cc2I)c1. The maximum atomic E-state index is 9.93. The Morgan fingerprint density at radius 1 is 1.21 bits per heavy atom. The highest BCUT2D eigenvalue weighted by atomic mass is 127. The minimum atomic E-state index is 0.0228. The van der Waals surface area contributed by atoms with Crippen LogP contribution in [0.3, 0.4) is 0 Å². The molecule has 2 rings (SSSR count). The molecule has 19 heavy (non-hydrogen) atoms. The van der Waals surface area contributed by atoms with Gasteiger partial charge in [-0.15, -0.1) is 0 Å². The molecule has 0 amide bonds. The molecule has 2 aromatic carbocycles. The summed E-state index contributed by atoms with van der Waals surface area (Å²) in [4.78, 5) is 0. The first-order valence-corrected chi connectivity index (χ1v) is 7.44. The van der Waals surface area contributed by atoms with Crippen molar-refractivity contribution >= 4 is 39.9 Å². The van der Waals surface area contributed by atoms with Crippen LogP contribution in [0.4, 0.5) is 5.69 Å². The number of hydrogen-bond donors (Lipinski definition) is 2. The zero-order chi connectivity index (χ0) is 14.0. The van der Waals surface area contributed by atoms with Crippen LogP contribution in [0.5, 0.6) is 5.75 Å². The number of phenols is 1. The Labute approximate surface area is 131 Å². The van der Waals surface area contributed by atoms with Crippen LogP contribution in [-0.2, 0) is 0 Å². The van der Waals surface area contributed by atoms with Crippen LogP contribution in [0.15, 0.2) is 36.4 Å². The van der Waals surface area contributed by atoms with Crippen LogP contribution >= 0.6 is 34.2 Å². The summed E-state index contributed by atoms with van der Waals surface area (Å²) >= 11 is 8.19. The van der Waals surface area contributed by atoms with Gasteiger partial charge in [0.25, 0.3) is 0 Å². The van der Waals surface area contributed by atoms with Gasteiger partial charge < -0.3 is 10.4 Å². The first kappa shape index (κ1) is 14.5. The number of halogens is 2. The van der Waals surface area contributed by atoms with Crippen molar-refractivity contribution in [3.8, 4) is 5.75 Å². The predicted octanol–water partition coefficient (Wildman–Crippen LogP) is 5.13. The van der Waals surface area contributed by atoms with E-state index in [2.05, 4.69) is 27.9 Å². The topological polar surface area (TPSA) is 32.3 Å². The summed E-state index contributed by atoms with van der Waals surface area (Å²) in [6.07, 6.45) is 0. The molecule has 0 bridgehead atoms. The van der Waals surface area contributed by atoms with Crippen molar-refractivity contribution < 1.29 is 5.11 Å². The Balaban J connectivity index is 2.25. The van der Waals surface area contributed by atoms with E-state index in [1.165, 1.54) is 0 Å². The van der Waals surface area contributed by atoms with Crippen LogP contribution in [0.25, 0.3) is 0 Å². The summed E-state index contributed by atoms with van der Waals surface area (Å²) in [5, 5.41) is 14.1. The fourth-order valence-corrected chi connectivity index (χ4v) is 2.97. The summed E-state index contributed by atoms with van der Waals surface area (Å²) in [6.45, 7) is 4.04. The molecule has 0 aliphatic carbocycles. The maximum Gasteiger partial charge on any atom is 0.120 e. The van der Waals surface area contributed by atoms with Crippen molar-refractivity contribution in [2.24, 2.45) is 0 Å². The van der Waals surface area contributed by atoms with Gasteiger partial charge in [0, 0.05) is 19.8 Å². The largest absolute Gasteiger partial charge is 0.508 e. The lowest BCUT2D eigenvalue weighted by Crippen LogP contribution is -2.08. The van der Waals surface area contributed by atoms with Gasteiger partial charge in [0.15, 0.2) is 0 Å². The third-order valence-corrected chi connectivity index (χ3v) is 4.08. The maximum absolute atomic E-state index is 9.93. The summed E-state index contributed by atoms with van der Waals surface area (Å²) in [6, 6.07) is 11.4. The molecule has 0 saturated heterocycles. The number of aryl methyl sites for hydroxylation is 1. The summed E-state index contributed by atoms with van der Waals surface area (Å²) < 4.78 is 1.06. The Bertz CT molecular complexity index is 601. The molecule has 0 spiro atoms. The molecule has 2 aromatic rings. The summed E-state index contributed by atoms with van der Waals surface area (Å²) in [5.74, 6) is 0.314. The molecule has 1 atom stereocenters. The Morgan fingerprint density at radius 3 is 2.63 bits per heavy atom. The van der Waals surface area contributed by atoms with E-state index in [4.69, 9.17) is 11.6 Å². The third kappa shape index (κ3) is 3.54. The molecule has 0 radical (unpaired) electrons. The minimum Gasteiger partial charge on any atom is -0.508 e. The van der Waals surface area contributed by atoms with Crippen molar-refractivity contribution in [1.82, 2.24) is 0 Å². The standard InChI is InChI=1S/C15H15ClINO/c1-9-3-6-15(19)12(7-9)10(2)18-14-5-4-11(16)8-13(14)17/h3-8,10,18-19H,1-2H3. The lowest BCUT2D eigenvalue weighted by atomic mass is 10.0. The zero-order valence-electron chi connectivity index (χ0n) is 10.7. The first-order valence-electron chi connectivity index (χ1n) is 5.98. The lowest BCUT2D eigenvalue weighted by Gasteiger charge is -2.18.